The molecule has 2 nitrogen and oxygen atoms in total. The first-order valence-electron chi connectivity index (χ1n) is 4.17. The molecule has 2 heterocycles. The zero-order valence-electron chi connectivity index (χ0n) is 6.57. The zero-order valence-corrected chi connectivity index (χ0v) is 6.57. The molecule has 1 atom stereocenters. The number of hydrogen-bond acceptors (Lipinski definition) is 1. The van der Waals surface area contributed by atoms with Crippen molar-refractivity contribution >= 4 is 0 Å². The SMILES string of the molecule is c1ccn(CCCC2CO2)c1. The minimum Gasteiger partial charge on any atom is -0.373 e. The van der Waals surface area contributed by atoms with Crippen molar-refractivity contribution in [2.24, 2.45) is 0 Å². The average molecular weight is 151 g/mol. The molecule has 60 valence electrons. The molecule has 1 fully saturated rings. The van der Waals surface area contributed by atoms with Crippen molar-refractivity contribution in [1.29, 1.82) is 0 Å². The number of epoxide rings is 1. The predicted octanol–water partition coefficient (Wildman–Crippen LogP) is 1.67. The summed E-state index contributed by atoms with van der Waals surface area (Å²) >= 11 is 0. The average Bonchev–Trinajstić information content (AvgIpc) is 2.66. The summed E-state index contributed by atoms with van der Waals surface area (Å²) in [5, 5.41) is 0. The first-order valence-corrected chi connectivity index (χ1v) is 4.17. The molecule has 0 aromatic carbocycles. The molecule has 1 aromatic heterocycles. The highest BCUT2D eigenvalue weighted by atomic mass is 16.6. The Hall–Kier alpha value is -0.760. The number of ether oxygens (including phenoxy) is 1. The van der Waals surface area contributed by atoms with Gasteiger partial charge in [0.25, 0.3) is 0 Å². The summed E-state index contributed by atoms with van der Waals surface area (Å²) < 4.78 is 7.33. The highest BCUT2D eigenvalue weighted by molar-refractivity contribution is 4.90. The first kappa shape index (κ1) is 6.92. The van der Waals surface area contributed by atoms with Crippen LogP contribution in [0.15, 0.2) is 24.5 Å². The molecule has 0 saturated carbocycles. The highest BCUT2D eigenvalue weighted by Gasteiger charge is 2.20. The number of aryl methyl sites for hydroxylation is 1. The molecule has 1 saturated heterocycles. The standard InChI is InChI=1S/C9H13NO/c1-2-6-10(5-1)7-3-4-9-8-11-9/h1-2,5-6,9H,3-4,7-8H2. The zero-order chi connectivity index (χ0) is 7.52. The lowest BCUT2D eigenvalue weighted by atomic mass is 10.2. The Morgan fingerprint density at radius 3 is 2.73 bits per heavy atom. The van der Waals surface area contributed by atoms with Gasteiger partial charge in [-0.05, 0) is 25.0 Å². The normalized spacial score (nSPS) is 22.0. The Bertz CT molecular complexity index is 201. The number of rotatable bonds is 4. The van der Waals surface area contributed by atoms with E-state index < -0.39 is 0 Å². The van der Waals surface area contributed by atoms with E-state index in [-0.39, 0.29) is 0 Å². The van der Waals surface area contributed by atoms with Gasteiger partial charge >= 0.3 is 0 Å². The lowest BCUT2D eigenvalue weighted by Crippen LogP contribution is -1.95. The minimum absolute atomic E-state index is 0.588. The van der Waals surface area contributed by atoms with E-state index in [0.717, 1.165) is 13.2 Å². The Kier molecular flexibility index (Phi) is 1.95. The molecule has 11 heavy (non-hydrogen) atoms. The fourth-order valence-electron chi connectivity index (χ4n) is 1.26. The molecule has 2 rings (SSSR count). The number of nitrogens with zero attached hydrogens (tertiary/aromatic N) is 1. The van der Waals surface area contributed by atoms with E-state index >= 15 is 0 Å². The van der Waals surface area contributed by atoms with Crippen molar-refractivity contribution in [3.63, 3.8) is 0 Å². The second-order valence-electron chi connectivity index (χ2n) is 3.02. The molecular formula is C9H13NO. The third-order valence-corrected chi connectivity index (χ3v) is 2.01. The second kappa shape index (κ2) is 3.09. The van der Waals surface area contributed by atoms with E-state index in [4.69, 9.17) is 4.74 Å². The lowest BCUT2D eigenvalue weighted by Gasteiger charge is -1.99. The third-order valence-electron chi connectivity index (χ3n) is 2.01. The molecule has 0 spiro atoms. The first-order chi connectivity index (χ1) is 5.45. The van der Waals surface area contributed by atoms with Crippen molar-refractivity contribution in [2.75, 3.05) is 6.61 Å². The number of aromatic nitrogens is 1. The largest absolute Gasteiger partial charge is 0.373 e. The Labute approximate surface area is 66.8 Å². The summed E-state index contributed by atoms with van der Waals surface area (Å²) in [6, 6.07) is 4.13. The van der Waals surface area contributed by atoms with E-state index in [9.17, 15) is 0 Å². The van der Waals surface area contributed by atoms with E-state index in [0.29, 0.717) is 6.10 Å². The maximum absolute atomic E-state index is 5.12. The molecule has 0 N–H and O–H groups in total. The molecule has 1 unspecified atom stereocenters. The van der Waals surface area contributed by atoms with E-state index in [1.54, 1.807) is 0 Å². The monoisotopic (exact) mass is 151 g/mol. The molecule has 0 radical (unpaired) electrons. The van der Waals surface area contributed by atoms with E-state index in [1.165, 1.54) is 12.8 Å². The van der Waals surface area contributed by atoms with Crippen molar-refractivity contribution in [3.8, 4) is 0 Å². The smallest absolute Gasteiger partial charge is 0.0810 e. The van der Waals surface area contributed by atoms with Crippen LogP contribution in [-0.4, -0.2) is 17.3 Å². The summed E-state index contributed by atoms with van der Waals surface area (Å²) in [6.07, 6.45) is 7.25. The summed E-state index contributed by atoms with van der Waals surface area (Å²) in [6.45, 7) is 2.12. The van der Waals surface area contributed by atoms with Gasteiger partial charge in [-0.15, -0.1) is 0 Å². The third kappa shape index (κ3) is 2.09. The van der Waals surface area contributed by atoms with Gasteiger partial charge in [0.2, 0.25) is 0 Å². The topological polar surface area (TPSA) is 17.5 Å². The summed E-state index contributed by atoms with van der Waals surface area (Å²) in [5.41, 5.74) is 0. The molecule has 1 aliphatic rings. The van der Waals surface area contributed by atoms with Crippen molar-refractivity contribution in [3.05, 3.63) is 24.5 Å². The Morgan fingerprint density at radius 1 is 1.36 bits per heavy atom. The predicted molar refractivity (Wildman–Crippen MR) is 43.4 cm³/mol. The maximum atomic E-state index is 5.12. The van der Waals surface area contributed by atoms with Crippen LogP contribution in [0.1, 0.15) is 12.8 Å². The summed E-state index contributed by atoms with van der Waals surface area (Å²) in [5.74, 6) is 0. The van der Waals surface area contributed by atoms with Gasteiger partial charge in [-0.3, -0.25) is 0 Å². The van der Waals surface area contributed by atoms with Crippen LogP contribution in [0.4, 0.5) is 0 Å². The molecule has 0 bridgehead atoms. The van der Waals surface area contributed by atoms with Crippen molar-refractivity contribution in [2.45, 2.75) is 25.5 Å². The second-order valence-corrected chi connectivity index (χ2v) is 3.02. The van der Waals surface area contributed by atoms with Gasteiger partial charge in [0, 0.05) is 18.9 Å². The van der Waals surface area contributed by atoms with Gasteiger partial charge in [0.15, 0.2) is 0 Å². The Balaban J connectivity index is 1.66. The van der Waals surface area contributed by atoms with Gasteiger partial charge in [-0.2, -0.15) is 0 Å². The van der Waals surface area contributed by atoms with Gasteiger partial charge < -0.3 is 9.30 Å². The van der Waals surface area contributed by atoms with Crippen LogP contribution in [0.3, 0.4) is 0 Å². The fourth-order valence-corrected chi connectivity index (χ4v) is 1.26. The summed E-state index contributed by atoms with van der Waals surface area (Å²) in [7, 11) is 0. The van der Waals surface area contributed by atoms with Crippen molar-refractivity contribution in [1.82, 2.24) is 4.57 Å². The summed E-state index contributed by atoms with van der Waals surface area (Å²) in [4.78, 5) is 0. The molecule has 0 amide bonds. The van der Waals surface area contributed by atoms with E-state index in [2.05, 4.69) is 29.1 Å². The van der Waals surface area contributed by atoms with Crippen LogP contribution >= 0.6 is 0 Å². The molecule has 0 aliphatic carbocycles. The molecule has 1 aliphatic heterocycles. The van der Waals surface area contributed by atoms with Gasteiger partial charge in [-0.1, -0.05) is 0 Å². The van der Waals surface area contributed by atoms with Crippen LogP contribution in [-0.2, 0) is 11.3 Å². The minimum atomic E-state index is 0.588. The molecule has 2 heteroatoms. The van der Waals surface area contributed by atoms with Gasteiger partial charge in [-0.25, -0.2) is 0 Å². The van der Waals surface area contributed by atoms with Gasteiger partial charge in [0.1, 0.15) is 0 Å². The lowest BCUT2D eigenvalue weighted by molar-refractivity contribution is 0.386. The Morgan fingerprint density at radius 2 is 2.09 bits per heavy atom. The van der Waals surface area contributed by atoms with Crippen LogP contribution in [0, 0.1) is 0 Å². The quantitative estimate of drug-likeness (QED) is 0.598. The maximum Gasteiger partial charge on any atom is 0.0810 e. The molecule has 1 aromatic rings. The van der Waals surface area contributed by atoms with Gasteiger partial charge in [0.05, 0.1) is 12.7 Å². The van der Waals surface area contributed by atoms with Crippen LogP contribution in [0.25, 0.3) is 0 Å². The fraction of sp³-hybridized carbons (Fsp3) is 0.556. The number of hydrogen-bond donors (Lipinski definition) is 0. The highest BCUT2D eigenvalue weighted by Crippen LogP contribution is 2.15. The van der Waals surface area contributed by atoms with Crippen LogP contribution in [0.2, 0.25) is 0 Å². The molecular weight excluding hydrogens is 138 g/mol. The van der Waals surface area contributed by atoms with Crippen molar-refractivity contribution < 1.29 is 4.74 Å². The van der Waals surface area contributed by atoms with Crippen LogP contribution < -0.4 is 0 Å². The van der Waals surface area contributed by atoms with Crippen LogP contribution in [0.5, 0.6) is 0 Å². The van der Waals surface area contributed by atoms with E-state index in [1.807, 2.05) is 0 Å².